The van der Waals surface area contributed by atoms with Crippen molar-refractivity contribution in [3.05, 3.63) is 64.8 Å². The third-order valence-electron chi connectivity index (χ3n) is 5.26. The molecule has 1 amide bonds. The maximum Gasteiger partial charge on any atom is 0.249 e. The zero-order valence-electron chi connectivity index (χ0n) is 16.6. The van der Waals surface area contributed by atoms with Crippen LogP contribution in [0.2, 0.25) is 0 Å². The van der Waals surface area contributed by atoms with Crippen LogP contribution in [0, 0.1) is 19.7 Å². The topological polar surface area (TPSA) is 68.5 Å². The van der Waals surface area contributed by atoms with Crippen LogP contribution < -0.4 is 4.74 Å². The van der Waals surface area contributed by atoms with Gasteiger partial charge >= 0.3 is 0 Å². The highest BCUT2D eigenvalue weighted by Gasteiger charge is 2.36. The lowest BCUT2D eigenvalue weighted by Gasteiger charge is -2.22. The van der Waals surface area contributed by atoms with E-state index in [1.54, 1.807) is 17.0 Å². The molecular formula is C22H22FN3O3. The Bertz CT molecular complexity index is 1060. The average Bonchev–Trinajstić information content (AvgIpc) is 3.31. The Balaban J connectivity index is 1.59. The number of ether oxygens (including phenoxy) is 1. The van der Waals surface area contributed by atoms with E-state index in [1.165, 1.54) is 13.2 Å². The lowest BCUT2D eigenvalue weighted by molar-refractivity contribution is -0.130. The van der Waals surface area contributed by atoms with Crippen molar-refractivity contribution in [3.63, 3.8) is 0 Å². The molecule has 0 bridgehead atoms. The molecule has 0 radical (unpaired) electrons. The molecule has 2 heterocycles. The van der Waals surface area contributed by atoms with Gasteiger partial charge in [-0.1, -0.05) is 28.9 Å². The fourth-order valence-corrected chi connectivity index (χ4v) is 3.65. The minimum absolute atomic E-state index is 0.0160. The summed E-state index contributed by atoms with van der Waals surface area (Å²) >= 11 is 0. The van der Waals surface area contributed by atoms with Gasteiger partial charge in [0.05, 0.1) is 7.11 Å². The Morgan fingerprint density at radius 3 is 2.83 bits per heavy atom. The number of carbonyl (C=O) groups is 1. The SMILES string of the molecule is COc1ccc(CN2C(=O)CCC2c2nc(-c3cc(C)ccc3C)no2)cc1F. The molecule has 1 aromatic heterocycles. The van der Waals surface area contributed by atoms with Crippen LogP contribution in [-0.2, 0) is 11.3 Å². The van der Waals surface area contributed by atoms with Crippen molar-refractivity contribution >= 4 is 5.91 Å². The summed E-state index contributed by atoms with van der Waals surface area (Å²) in [6, 6.07) is 10.4. The van der Waals surface area contributed by atoms with Crippen LogP contribution in [0.1, 0.15) is 41.5 Å². The van der Waals surface area contributed by atoms with Crippen molar-refractivity contribution in [1.82, 2.24) is 15.0 Å². The van der Waals surface area contributed by atoms with E-state index >= 15 is 0 Å². The molecule has 4 rings (SSSR count). The van der Waals surface area contributed by atoms with E-state index < -0.39 is 5.82 Å². The van der Waals surface area contributed by atoms with Crippen molar-refractivity contribution < 1.29 is 18.4 Å². The molecule has 6 nitrogen and oxygen atoms in total. The van der Waals surface area contributed by atoms with E-state index in [1.807, 2.05) is 32.0 Å². The number of amides is 1. The van der Waals surface area contributed by atoms with Gasteiger partial charge in [0.25, 0.3) is 0 Å². The minimum Gasteiger partial charge on any atom is -0.494 e. The second kappa shape index (κ2) is 7.66. The number of aryl methyl sites for hydroxylation is 2. The molecule has 0 spiro atoms. The van der Waals surface area contributed by atoms with Crippen molar-refractivity contribution in [2.24, 2.45) is 0 Å². The summed E-state index contributed by atoms with van der Waals surface area (Å²) in [4.78, 5) is 18.7. The van der Waals surface area contributed by atoms with Crippen LogP contribution in [-0.4, -0.2) is 28.1 Å². The van der Waals surface area contributed by atoms with Crippen LogP contribution >= 0.6 is 0 Å². The van der Waals surface area contributed by atoms with Gasteiger partial charge in [-0.2, -0.15) is 4.98 Å². The number of benzene rings is 2. The summed E-state index contributed by atoms with van der Waals surface area (Å²) in [6.07, 6.45) is 0.983. The molecule has 150 valence electrons. The highest BCUT2D eigenvalue weighted by Crippen LogP contribution is 2.35. The van der Waals surface area contributed by atoms with Crippen LogP contribution in [0.4, 0.5) is 4.39 Å². The fourth-order valence-electron chi connectivity index (χ4n) is 3.65. The van der Waals surface area contributed by atoms with Crippen molar-refractivity contribution in [2.75, 3.05) is 7.11 Å². The molecule has 7 heteroatoms. The zero-order valence-corrected chi connectivity index (χ0v) is 16.6. The number of likely N-dealkylation sites (tertiary alicyclic amines) is 1. The van der Waals surface area contributed by atoms with Crippen LogP contribution in [0.5, 0.6) is 5.75 Å². The highest BCUT2D eigenvalue weighted by molar-refractivity contribution is 5.79. The van der Waals surface area contributed by atoms with E-state index in [0.717, 1.165) is 16.7 Å². The summed E-state index contributed by atoms with van der Waals surface area (Å²) in [6.45, 7) is 4.27. The first-order valence-electron chi connectivity index (χ1n) is 9.49. The van der Waals surface area contributed by atoms with E-state index in [2.05, 4.69) is 10.1 Å². The summed E-state index contributed by atoms with van der Waals surface area (Å²) in [5.41, 5.74) is 3.75. The Morgan fingerprint density at radius 1 is 1.24 bits per heavy atom. The zero-order chi connectivity index (χ0) is 20.5. The van der Waals surface area contributed by atoms with Crippen LogP contribution in [0.3, 0.4) is 0 Å². The van der Waals surface area contributed by atoms with Crippen molar-refractivity contribution in [1.29, 1.82) is 0 Å². The summed E-state index contributed by atoms with van der Waals surface area (Å²) < 4.78 is 24.5. The first-order valence-corrected chi connectivity index (χ1v) is 9.49. The van der Waals surface area contributed by atoms with Gasteiger partial charge in [-0.05, 0) is 49.6 Å². The molecule has 2 aromatic carbocycles. The van der Waals surface area contributed by atoms with Gasteiger partial charge in [0.2, 0.25) is 17.6 Å². The van der Waals surface area contributed by atoms with Gasteiger partial charge in [-0.3, -0.25) is 4.79 Å². The number of rotatable bonds is 5. The maximum absolute atomic E-state index is 14.0. The van der Waals surface area contributed by atoms with Gasteiger partial charge in [0.15, 0.2) is 11.6 Å². The first kappa shape index (κ1) is 19.1. The molecule has 0 saturated carbocycles. The average molecular weight is 395 g/mol. The molecule has 1 unspecified atom stereocenters. The van der Waals surface area contributed by atoms with E-state index in [-0.39, 0.29) is 24.2 Å². The molecule has 1 fully saturated rings. The number of nitrogens with zero attached hydrogens (tertiary/aromatic N) is 3. The minimum atomic E-state index is -0.455. The van der Waals surface area contributed by atoms with Gasteiger partial charge in [0.1, 0.15) is 6.04 Å². The Labute approximate surface area is 168 Å². The van der Waals surface area contributed by atoms with Crippen LogP contribution in [0.25, 0.3) is 11.4 Å². The normalized spacial score (nSPS) is 16.5. The highest BCUT2D eigenvalue weighted by atomic mass is 19.1. The van der Waals surface area contributed by atoms with E-state index in [9.17, 15) is 9.18 Å². The number of methoxy groups -OCH3 is 1. The lowest BCUT2D eigenvalue weighted by atomic mass is 10.1. The summed E-state index contributed by atoms with van der Waals surface area (Å²) in [5.74, 6) is 0.616. The molecular weight excluding hydrogens is 373 g/mol. The molecule has 1 aliphatic rings. The second-order valence-corrected chi connectivity index (χ2v) is 7.32. The Morgan fingerprint density at radius 2 is 2.07 bits per heavy atom. The first-order chi connectivity index (χ1) is 14.0. The van der Waals surface area contributed by atoms with Gasteiger partial charge in [-0.25, -0.2) is 4.39 Å². The van der Waals surface area contributed by atoms with Gasteiger partial charge in [-0.15, -0.1) is 0 Å². The smallest absolute Gasteiger partial charge is 0.249 e. The van der Waals surface area contributed by atoms with Crippen molar-refractivity contribution in [2.45, 2.75) is 39.3 Å². The predicted octanol–water partition coefficient (Wildman–Crippen LogP) is 4.36. The predicted molar refractivity (Wildman–Crippen MR) is 105 cm³/mol. The maximum atomic E-state index is 14.0. The third-order valence-corrected chi connectivity index (χ3v) is 5.26. The van der Waals surface area contributed by atoms with Gasteiger partial charge < -0.3 is 14.2 Å². The van der Waals surface area contributed by atoms with Gasteiger partial charge in [0, 0.05) is 18.5 Å². The fraction of sp³-hybridized carbons (Fsp3) is 0.318. The third kappa shape index (κ3) is 3.72. The van der Waals surface area contributed by atoms with Crippen LogP contribution in [0.15, 0.2) is 40.9 Å². The molecule has 29 heavy (non-hydrogen) atoms. The molecule has 1 aliphatic heterocycles. The molecule has 1 saturated heterocycles. The number of carbonyl (C=O) groups excluding carboxylic acids is 1. The Kier molecular flexibility index (Phi) is 5.05. The standard InChI is InChI=1S/C22H22FN3O3/c1-13-4-5-14(2)16(10-13)21-24-22(29-25-21)18-7-9-20(27)26(18)12-15-6-8-19(28-3)17(23)11-15/h4-6,8,10-11,18H,7,9,12H2,1-3H3. The van der Waals surface area contributed by atoms with Crippen molar-refractivity contribution in [3.8, 4) is 17.1 Å². The monoisotopic (exact) mass is 395 g/mol. The molecule has 3 aromatic rings. The summed E-state index contributed by atoms with van der Waals surface area (Å²) in [5, 5.41) is 4.14. The number of hydrogen-bond acceptors (Lipinski definition) is 5. The number of hydrogen-bond donors (Lipinski definition) is 0. The number of aromatic nitrogens is 2. The summed E-state index contributed by atoms with van der Waals surface area (Å²) in [7, 11) is 1.42. The van der Waals surface area contributed by atoms with E-state index in [0.29, 0.717) is 30.1 Å². The lowest BCUT2D eigenvalue weighted by Crippen LogP contribution is -2.27. The van der Waals surface area contributed by atoms with E-state index in [4.69, 9.17) is 9.26 Å². The number of halogens is 1. The Hall–Kier alpha value is -3.22. The largest absolute Gasteiger partial charge is 0.494 e. The second-order valence-electron chi connectivity index (χ2n) is 7.32. The molecule has 0 aliphatic carbocycles. The quantitative estimate of drug-likeness (QED) is 0.642. The molecule has 1 atom stereocenters. The molecule has 0 N–H and O–H groups in total.